The Labute approximate surface area is 122 Å². The van der Waals surface area contributed by atoms with Crippen LogP contribution >= 0.6 is 0 Å². The molecule has 1 aromatic rings. The van der Waals surface area contributed by atoms with Crippen LogP contribution in [0.15, 0.2) is 18.2 Å². The van der Waals surface area contributed by atoms with Crippen LogP contribution < -0.4 is 10.6 Å². The van der Waals surface area contributed by atoms with Gasteiger partial charge in [0.25, 0.3) is 5.91 Å². The summed E-state index contributed by atoms with van der Waals surface area (Å²) in [6.45, 7) is 8.00. The molecule has 3 heteroatoms. The number of anilines is 1. The van der Waals surface area contributed by atoms with Crippen molar-refractivity contribution in [3.05, 3.63) is 29.3 Å². The van der Waals surface area contributed by atoms with E-state index in [1.807, 2.05) is 25.1 Å². The van der Waals surface area contributed by atoms with Gasteiger partial charge in [-0.25, -0.2) is 0 Å². The lowest BCUT2D eigenvalue weighted by atomic mass is 9.67. The summed E-state index contributed by atoms with van der Waals surface area (Å²) in [6, 6.07) is 5.93. The van der Waals surface area contributed by atoms with Gasteiger partial charge in [-0.2, -0.15) is 0 Å². The van der Waals surface area contributed by atoms with Gasteiger partial charge in [0, 0.05) is 24.3 Å². The van der Waals surface area contributed by atoms with Crippen LogP contribution in [0.1, 0.15) is 55.5 Å². The smallest absolute Gasteiger partial charge is 0.251 e. The highest BCUT2D eigenvalue weighted by Gasteiger charge is 2.35. The minimum Gasteiger partial charge on any atom is -0.385 e. The average Bonchev–Trinajstić information content (AvgIpc) is 2.38. The first kappa shape index (κ1) is 14.9. The first-order chi connectivity index (χ1) is 9.60. The van der Waals surface area contributed by atoms with Crippen LogP contribution in [0.5, 0.6) is 0 Å². The summed E-state index contributed by atoms with van der Waals surface area (Å²) in [6.07, 6.45) is 4.97. The molecule has 1 amide bonds. The van der Waals surface area contributed by atoms with Crippen LogP contribution in [-0.4, -0.2) is 19.0 Å². The Morgan fingerprint density at radius 1 is 1.30 bits per heavy atom. The van der Waals surface area contributed by atoms with Crippen molar-refractivity contribution in [3.8, 4) is 0 Å². The molecule has 3 nitrogen and oxygen atoms in total. The molecule has 20 heavy (non-hydrogen) atoms. The molecule has 0 aromatic heterocycles. The van der Waals surface area contributed by atoms with Crippen molar-refractivity contribution in [2.75, 3.05) is 18.4 Å². The van der Waals surface area contributed by atoms with Gasteiger partial charge in [-0.15, -0.1) is 0 Å². The maximum Gasteiger partial charge on any atom is 0.251 e. The maximum atomic E-state index is 12.3. The Morgan fingerprint density at radius 3 is 2.55 bits per heavy atom. The van der Waals surface area contributed by atoms with Crippen molar-refractivity contribution in [2.24, 2.45) is 5.41 Å². The lowest BCUT2D eigenvalue weighted by Crippen LogP contribution is -2.41. The van der Waals surface area contributed by atoms with Crippen molar-refractivity contribution in [1.82, 2.24) is 5.32 Å². The highest BCUT2D eigenvalue weighted by Crippen LogP contribution is 2.43. The number of rotatable bonds is 6. The highest BCUT2D eigenvalue weighted by atomic mass is 16.1. The number of carbonyl (C=O) groups is 1. The van der Waals surface area contributed by atoms with Crippen LogP contribution in [0.4, 0.5) is 5.69 Å². The average molecular weight is 274 g/mol. The van der Waals surface area contributed by atoms with E-state index in [2.05, 4.69) is 24.5 Å². The normalized spacial score (nSPS) is 16.4. The molecule has 0 aliphatic heterocycles. The second kappa shape index (κ2) is 6.29. The molecule has 0 unspecified atom stereocenters. The quantitative estimate of drug-likeness (QED) is 0.829. The van der Waals surface area contributed by atoms with Crippen LogP contribution in [0.2, 0.25) is 0 Å². The van der Waals surface area contributed by atoms with Gasteiger partial charge in [0.05, 0.1) is 0 Å². The lowest BCUT2D eigenvalue weighted by molar-refractivity contribution is 0.0849. The molecule has 110 valence electrons. The van der Waals surface area contributed by atoms with Crippen molar-refractivity contribution in [1.29, 1.82) is 0 Å². The van der Waals surface area contributed by atoms with Gasteiger partial charge in [-0.3, -0.25) is 4.79 Å². The Bertz CT molecular complexity index is 472. The van der Waals surface area contributed by atoms with Gasteiger partial charge in [0.2, 0.25) is 0 Å². The first-order valence-corrected chi connectivity index (χ1v) is 7.73. The van der Waals surface area contributed by atoms with Crippen molar-refractivity contribution in [3.63, 3.8) is 0 Å². The molecule has 0 heterocycles. The summed E-state index contributed by atoms with van der Waals surface area (Å²) >= 11 is 0. The Hall–Kier alpha value is -1.51. The number of benzene rings is 1. The van der Waals surface area contributed by atoms with E-state index < -0.39 is 0 Å². The van der Waals surface area contributed by atoms with E-state index in [0.717, 1.165) is 36.3 Å². The number of hydrogen-bond acceptors (Lipinski definition) is 2. The highest BCUT2D eigenvalue weighted by molar-refractivity contribution is 5.96. The van der Waals surface area contributed by atoms with Gasteiger partial charge in [0.15, 0.2) is 0 Å². The summed E-state index contributed by atoms with van der Waals surface area (Å²) in [5, 5.41) is 6.39. The largest absolute Gasteiger partial charge is 0.385 e. The van der Waals surface area contributed by atoms with Gasteiger partial charge in [-0.05, 0) is 62.3 Å². The van der Waals surface area contributed by atoms with Gasteiger partial charge in [-0.1, -0.05) is 13.3 Å². The van der Waals surface area contributed by atoms with E-state index in [0.29, 0.717) is 5.41 Å². The molecule has 0 bridgehead atoms. The van der Waals surface area contributed by atoms with Crippen LogP contribution in [0.3, 0.4) is 0 Å². The van der Waals surface area contributed by atoms with Crippen LogP contribution in [-0.2, 0) is 0 Å². The summed E-state index contributed by atoms with van der Waals surface area (Å²) in [5.74, 6) is 0.0604. The second-order valence-electron chi connectivity index (χ2n) is 5.95. The third-order valence-electron chi connectivity index (χ3n) is 4.64. The van der Waals surface area contributed by atoms with Crippen molar-refractivity contribution in [2.45, 2.75) is 46.5 Å². The number of carbonyl (C=O) groups excluding carboxylic acids is 1. The number of hydrogen-bond donors (Lipinski definition) is 2. The zero-order valence-electron chi connectivity index (χ0n) is 12.9. The summed E-state index contributed by atoms with van der Waals surface area (Å²) in [5.41, 5.74) is 3.26. The number of nitrogens with one attached hydrogen (secondary N) is 2. The molecule has 1 aliphatic carbocycles. The Kier molecular flexibility index (Phi) is 4.69. The fraction of sp³-hybridized carbons (Fsp3) is 0.588. The van der Waals surface area contributed by atoms with E-state index >= 15 is 0 Å². The van der Waals surface area contributed by atoms with E-state index in [4.69, 9.17) is 0 Å². The summed E-state index contributed by atoms with van der Waals surface area (Å²) in [4.78, 5) is 12.3. The zero-order valence-corrected chi connectivity index (χ0v) is 12.9. The summed E-state index contributed by atoms with van der Waals surface area (Å²) < 4.78 is 0. The van der Waals surface area contributed by atoms with Gasteiger partial charge >= 0.3 is 0 Å². The van der Waals surface area contributed by atoms with E-state index in [-0.39, 0.29) is 5.91 Å². The predicted molar refractivity (Wildman–Crippen MR) is 84.3 cm³/mol. The zero-order chi connectivity index (χ0) is 14.6. The van der Waals surface area contributed by atoms with Crippen molar-refractivity contribution >= 4 is 11.6 Å². The van der Waals surface area contributed by atoms with E-state index in [1.165, 1.54) is 19.3 Å². The predicted octanol–water partition coefficient (Wildman–Crippen LogP) is 3.74. The molecule has 1 saturated carbocycles. The lowest BCUT2D eigenvalue weighted by Gasteiger charge is -2.41. The minimum absolute atomic E-state index is 0.0604. The molecular formula is C17H26N2O. The van der Waals surface area contributed by atoms with Crippen LogP contribution in [0, 0.1) is 12.3 Å². The second-order valence-corrected chi connectivity index (χ2v) is 5.95. The molecule has 1 fully saturated rings. The molecule has 0 atom stereocenters. The SMILES string of the molecule is CCNc1ccc(C(=O)NCC2(CC)CCC2)c(C)c1. The van der Waals surface area contributed by atoms with E-state index in [1.54, 1.807) is 0 Å². The fourth-order valence-electron chi connectivity index (χ4n) is 2.93. The van der Waals surface area contributed by atoms with Crippen molar-refractivity contribution < 1.29 is 4.79 Å². The van der Waals surface area contributed by atoms with E-state index in [9.17, 15) is 4.79 Å². The monoisotopic (exact) mass is 274 g/mol. The third-order valence-corrected chi connectivity index (χ3v) is 4.64. The topological polar surface area (TPSA) is 41.1 Å². The molecule has 0 saturated heterocycles. The van der Waals surface area contributed by atoms with Gasteiger partial charge < -0.3 is 10.6 Å². The molecule has 1 aliphatic rings. The first-order valence-electron chi connectivity index (χ1n) is 7.73. The molecule has 2 N–H and O–H groups in total. The third kappa shape index (κ3) is 3.14. The molecule has 0 spiro atoms. The summed E-state index contributed by atoms with van der Waals surface area (Å²) in [7, 11) is 0. The fourth-order valence-corrected chi connectivity index (χ4v) is 2.93. The number of amides is 1. The number of aryl methyl sites for hydroxylation is 1. The molecular weight excluding hydrogens is 248 g/mol. The molecule has 0 radical (unpaired) electrons. The maximum absolute atomic E-state index is 12.3. The Balaban J connectivity index is 1.98. The van der Waals surface area contributed by atoms with Gasteiger partial charge in [0.1, 0.15) is 0 Å². The molecule has 2 rings (SSSR count). The minimum atomic E-state index is 0.0604. The molecule has 1 aromatic carbocycles. The standard InChI is InChI=1S/C17H26N2O/c1-4-17(9-6-10-17)12-19-16(20)15-8-7-14(18-5-2)11-13(15)3/h7-8,11,18H,4-6,9-10,12H2,1-3H3,(H,19,20). The van der Waals surface area contributed by atoms with Crippen LogP contribution in [0.25, 0.3) is 0 Å². The Morgan fingerprint density at radius 2 is 2.05 bits per heavy atom.